The molecule has 19 heavy (non-hydrogen) atoms. The van der Waals surface area contributed by atoms with Crippen molar-refractivity contribution in [3.8, 4) is 0 Å². The number of carboxylic acids is 1. The molecule has 0 bridgehead atoms. The number of hydrogen-bond donors (Lipinski definition) is 4. The van der Waals surface area contributed by atoms with E-state index in [-0.39, 0.29) is 12.8 Å². The van der Waals surface area contributed by atoms with Crippen LogP contribution in [0.15, 0.2) is 16.8 Å². The van der Waals surface area contributed by atoms with Crippen LogP contribution in [-0.2, 0) is 16.1 Å². The van der Waals surface area contributed by atoms with Gasteiger partial charge in [0.2, 0.25) is 5.91 Å². The van der Waals surface area contributed by atoms with E-state index >= 15 is 0 Å². The number of primary amides is 1. The quantitative estimate of drug-likeness (QED) is 0.574. The molecule has 0 unspecified atom stereocenters. The Balaban J connectivity index is 2.38. The molecular weight excluding hydrogens is 270 g/mol. The third-order valence-electron chi connectivity index (χ3n) is 2.32. The number of nitrogens with one attached hydrogen (secondary N) is 2. The zero-order chi connectivity index (χ0) is 14.3. The van der Waals surface area contributed by atoms with Gasteiger partial charge in [-0.25, -0.2) is 9.59 Å². The maximum Gasteiger partial charge on any atom is 0.326 e. The van der Waals surface area contributed by atoms with E-state index in [0.717, 1.165) is 5.56 Å². The fraction of sp³-hybridized carbons (Fsp3) is 0.364. The normalized spacial score (nSPS) is 11.6. The lowest BCUT2D eigenvalue weighted by atomic mass is 10.1. The highest BCUT2D eigenvalue weighted by Gasteiger charge is 2.20. The van der Waals surface area contributed by atoms with Crippen molar-refractivity contribution in [2.45, 2.75) is 25.4 Å². The first kappa shape index (κ1) is 15.0. The van der Waals surface area contributed by atoms with Crippen LogP contribution in [0.2, 0.25) is 0 Å². The number of thiophene rings is 1. The maximum atomic E-state index is 11.5. The van der Waals surface area contributed by atoms with Gasteiger partial charge >= 0.3 is 12.0 Å². The largest absolute Gasteiger partial charge is 0.480 e. The molecule has 1 atom stereocenters. The molecule has 7 nitrogen and oxygen atoms in total. The van der Waals surface area contributed by atoms with Gasteiger partial charge in [-0.2, -0.15) is 11.3 Å². The van der Waals surface area contributed by atoms with Crippen molar-refractivity contribution in [3.63, 3.8) is 0 Å². The summed E-state index contributed by atoms with van der Waals surface area (Å²) in [4.78, 5) is 33.0. The Morgan fingerprint density at radius 2 is 2.16 bits per heavy atom. The number of carbonyl (C=O) groups is 3. The lowest BCUT2D eigenvalue weighted by Crippen LogP contribution is -2.46. The number of carboxylic acid groups (broad SMARTS) is 1. The summed E-state index contributed by atoms with van der Waals surface area (Å²) in [5.74, 6) is -1.81. The Kier molecular flexibility index (Phi) is 5.80. The second-order valence-electron chi connectivity index (χ2n) is 3.85. The monoisotopic (exact) mass is 285 g/mol. The Labute approximate surface area is 113 Å². The van der Waals surface area contributed by atoms with Gasteiger partial charge in [0.05, 0.1) is 0 Å². The SMILES string of the molecule is NC(=O)CC[C@@H](NC(=O)NCc1ccsc1)C(=O)O. The number of rotatable bonds is 7. The lowest BCUT2D eigenvalue weighted by molar-refractivity contribution is -0.139. The van der Waals surface area contributed by atoms with Crippen LogP contribution in [0.25, 0.3) is 0 Å². The molecule has 0 aromatic carbocycles. The Morgan fingerprint density at radius 1 is 1.42 bits per heavy atom. The predicted octanol–water partition coefficient (Wildman–Crippen LogP) is 0.266. The second-order valence-corrected chi connectivity index (χ2v) is 4.63. The molecule has 5 N–H and O–H groups in total. The Morgan fingerprint density at radius 3 is 2.68 bits per heavy atom. The molecule has 1 heterocycles. The number of urea groups is 1. The van der Waals surface area contributed by atoms with Crippen LogP contribution in [-0.4, -0.2) is 29.1 Å². The number of aliphatic carboxylic acids is 1. The van der Waals surface area contributed by atoms with Gasteiger partial charge < -0.3 is 21.5 Å². The summed E-state index contributed by atoms with van der Waals surface area (Å²) >= 11 is 1.50. The van der Waals surface area contributed by atoms with Gasteiger partial charge in [0.1, 0.15) is 6.04 Å². The van der Waals surface area contributed by atoms with Crippen LogP contribution in [0.3, 0.4) is 0 Å². The van der Waals surface area contributed by atoms with E-state index in [2.05, 4.69) is 10.6 Å². The van der Waals surface area contributed by atoms with Crippen LogP contribution in [0, 0.1) is 0 Å². The van der Waals surface area contributed by atoms with Crippen molar-refractivity contribution in [1.82, 2.24) is 10.6 Å². The molecule has 0 aliphatic heterocycles. The molecule has 8 heteroatoms. The molecule has 0 aliphatic rings. The summed E-state index contributed by atoms with van der Waals surface area (Å²) in [6.07, 6.45) is -0.127. The van der Waals surface area contributed by atoms with E-state index in [0.29, 0.717) is 6.54 Å². The minimum Gasteiger partial charge on any atom is -0.480 e. The first-order valence-electron chi connectivity index (χ1n) is 5.55. The summed E-state index contributed by atoms with van der Waals surface area (Å²) in [7, 11) is 0. The summed E-state index contributed by atoms with van der Waals surface area (Å²) in [5.41, 5.74) is 5.87. The highest BCUT2D eigenvalue weighted by Crippen LogP contribution is 2.05. The fourth-order valence-corrected chi connectivity index (χ4v) is 2.00. The van der Waals surface area contributed by atoms with Crippen molar-refractivity contribution in [1.29, 1.82) is 0 Å². The number of nitrogens with two attached hydrogens (primary N) is 1. The summed E-state index contributed by atoms with van der Waals surface area (Å²) in [6, 6.07) is 0.130. The standard InChI is InChI=1S/C11H15N3O4S/c12-9(15)2-1-8(10(16)17)14-11(18)13-5-7-3-4-19-6-7/h3-4,6,8H,1-2,5H2,(H2,12,15)(H,16,17)(H2,13,14,18)/t8-/m1/s1. The minimum atomic E-state index is -1.20. The Bertz CT molecular complexity index is 447. The molecule has 0 spiro atoms. The van der Waals surface area contributed by atoms with E-state index in [4.69, 9.17) is 10.8 Å². The second kappa shape index (κ2) is 7.37. The lowest BCUT2D eigenvalue weighted by Gasteiger charge is -2.14. The van der Waals surface area contributed by atoms with E-state index < -0.39 is 23.9 Å². The molecular formula is C11H15N3O4S. The zero-order valence-corrected chi connectivity index (χ0v) is 10.9. The first-order chi connectivity index (χ1) is 8.99. The van der Waals surface area contributed by atoms with Gasteiger partial charge in [-0.05, 0) is 28.8 Å². The van der Waals surface area contributed by atoms with Gasteiger partial charge in [-0.1, -0.05) is 0 Å². The average molecular weight is 285 g/mol. The zero-order valence-electron chi connectivity index (χ0n) is 10.1. The number of carbonyl (C=O) groups excluding carboxylic acids is 2. The molecule has 1 aromatic rings. The molecule has 0 fully saturated rings. The third-order valence-corrected chi connectivity index (χ3v) is 3.05. The highest BCUT2D eigenvalue weighted by molar-refractivity contribution is 7.07. The smallest absolute Gasteiger partial charge is 0.326 e. The molecule has 104 valence electrons. The van der Waals surface area contributed by atoms with E-state index in [1.807, 2.05) is 16.8 Å². The average Bonchev–Trinajstić information content (AvgIpc) is 2.84. The van der Waals surface area contributed by atoms with Gasteiger partial charge in [-0.15, -0.1) is 0 Å². The van der Waals surface area contributed by atoms with Gasteiger partial charge in [0.15, 0.2) is 0 Å². The molecule has 0 saturated carbocycles. The van der Waals surface area contributed by atoms with Crippen LogP contribution < -0.4 is 16.4 Å². The van der Waals surface area contributed by atoms with E-state index in [1.165, 1.54) is 11.3 Å². The molecule has 0 saturated heterocycles. The maximum absolute atomic E-state index is 11.5. The summed E-state index contributed by atoms with van der Waals surface area (Å²) in [6.45, 7) is 0.317. The highest BCUT2D eigenvalue weighted by atomic mass is 32.1. The summed E-state index contributed by atoms with van der Waals surface area (Å²) in [5, 5.41) is 17.5. The molecule has 0 radical (unpaired) electrons. The fourth-order valence-electron chi connectivity index (χ4n) is 1.33. The van der Waals surface area contributed by atoms with E-state index in [1.54, 1.807) is 0 Å². The number of amides is 3. The topological polar surface area (TPSA) is 122 Å². The Hall–Kier alpha value is -2.09. The van der Waals surface area contributed by atoms with Gasteiger partial charge in [0.25, 0.3) is 0 Å². The van der Waals surface area contributed by atoms with Crippen LogP contribution in [0.1, 0.15) is 18.4 Å². The van der Waals surface area contributed by atoms with Crippen LogP contribution in [0.5, 0.6) is 0 Å². The first-order valence-corrected chi connectivity index (χ1v) is 6.50. The molecule has 1 aromatic heterocycles. The molecule has 0 aliphatic carbocycles. The van der Waals surface area contributed by atoms with Crippen molar-refractivity contribution in [2.75, 3.05) is 0 Å². The minimum absolute atomic E-state index is 0.0312. The molecule has 3 amide bonds. The van der Waals surface area contributed by atoms with Crippen molar-refractivity contribution < 1.29 is 19.5 Å². The van der Waals surface area contributed by atoms with E-state index in [9.17, 15) is 14.4 Å². The van der Waals surface area contributed by atoms with Gasteiger partial charge in [-0.3, -0.25) is 4.79 Å². The van der Waals surface area contributed by atoms with Crippen molar-refractivity contribution in [2.24, 2.45) is 5.73 Å². The van der Waals surface area contributed by atoms with Crippen LogP contribution in [0.4, 0.5) is 4.79 Å². The predicted molar refractivity (Wildman–Crippen MR) is 69.5 cm³/mol. The molecule has 1 rings (SSSR count). The van der Waals surface area contributed by atoms with Crippen molar-refractivity contribution in [3.05, 3.63) is 22.4 Å². The van der Waals surface area contributed by atoms with Gasteiger partial charge in [0, 0.05) is 13.0 Å². The number of hydrogen-bond acceptors (Lipinski definition) is 4. The third kappa shape index (κ3) is 5.87. The summed E-state index contributed by atoms with van der Waals surface area (Å²) < 4.78 is 0. The van der Waals surface area contributed by atoms with Crippen LogP contribution >= 0.6 is 11.3 Å². The van der Waals surface area contributed by atoms with Crippen molar-refractivity contribution >= 4 is 29.2 Å².